The highest BCUT2D eigenvalue weighted by molar-refractivity contribution is 4.86. The van der Waals surface area contributed by atoms with Crippen LogP contribution in [0.25, 0.3) is 0 Å². The fourth-order valence-electron chi connectivity index (χ4n) is 0.522. The van der Waals surface area contributed by atoms with Crippen molar-refractivity contribution in [2.75, 3.05) is 19.7 Å². The molecule has 2 heteroatoms. The van der Waals surface area contributed by atoms with Crippen LogP contribution in [0, 0.1) is 12.3 Å². The number of hydrogen-bond donors (Lipinski definition) is 2. The van der Waals surface area contributed by atoms with E-state index >= 15 is 0 Å². The number of nitrogens with one attached hydrogen (secondary N) is 1. The van der Waals surface area contributed by atoms with E-state index in [4.69, 9.17) is 11.5 Å². The van der Waals surface area contributed by atoms with Crippen molar-refractivity contribution in [3.63, 3.8) is 0 Å². The van der Waals surface area contributed by atoms with E-state index in [1.165, 1.54) is 0 Å². The molecule has 0 spiro atoms. The summed E-state index contributed by atoms with van der Waals surface area (Å²) in [6.07, 6.45) is 6.84. The first kappa shape index (κ1) is 8.48. The van der Waals surface area contributed by atoms with Gasteiger partial charge in [0.15, 0.2) is 0 Å². The average Bonchev–Trinajstić information content (AvgIpc) is 1.89. The number of hydrogen-bond acceptors (Lipinski definition) is 2. The Balaban J connectivity index is 2.69. The van der Waals surface area contributed by atoms with Gasteiger partial charge in [0.2, 0.25) is 0 Å². The van der Waals surface area contributed by atoms with Crippen LogP contribution in [0.2, 0.25) is 0 Å². The smallest absolute Gasteiger partial charge is 0.0573 e. The Kier molecular flexibility index (Phi) is 7.05. The fourth-order valence-corrected chi connectivity index (χ4v) is 0.522. The molecule has 9 heavy (non-hydrogen) atoms. The molecular formula is C7H13NO. The molecule has 0 aromatic carbocycles. The van der Waals surface area contributed by atoms with Gasteiger partial charge in [0.1, 0.15) is 0 Å². The molecule has 0 unspecified atom stereocenters. The maximum absolute atomic E-state index is 8.35. The van der Waals surface area contributed by atoms with Crippen LogP contribution in [0.4, 0.5) is 0 Å². The van der Waals surface area contributed by atoms with Crippen molar-refractivity contribution in [1.29, 1.82) is 0 Å². The molecule has 52 valence electrons. The lowest BCUT2D eigenvalue weighted by atomic mass is 10.3. The third-order valence-corrected chi connectivity index (χ3v) is 0.989. The van der Waals surface area contributed by atoms with Crippen molar-refractivity contribution >= 4 is 0 Å². The van der Waals surface area contributed by atoms with Crippen LogP contribution in [0.3, 0.4) is 0 Å². The van der Waals surface area contributed by atoms with E-state index in [2.05, 4.69) is 11.2 Å². The van der Waals surface area contributed by atoms with Crippen LogP contribution >= 0.6 is 0 Å². The third kappa shape index (κ3) is 7.48. The molecule has 0 rings (SSSR count). The average molecular weight is 127 g/mol. The molecule has 0 amide bonds. The zero-order valence-electron chi connectivity index (χ0n) is 5.56. The zero-order chi connectivity index (χ0) is 6.95. The van der Waals surface area contributed by atoms with E-state index < -0.39 is 0 Å². The van der Waals surface area contributed by atoms with Crippen LogP contribution in [0.15, 0.2) is 0 Å². The van der Waals surface area contributed by atoms with Gasteiger partial charge in [0, 0.05) is 6.61 Å². The summed E-state index contributed by atoms with van der Waals surface area (Å²) in [5.41, 5.74) is 0. The molecule has 2 N–H and O–H groups in total. The Morgan fingerprint density at radius 2 is 2.22 bits per heavy atom. The van der Waals surface area contributed by atoms with Crippen molar-refractivity contribution in [3.8, 4) is 12.3 Å². The van der Waals surface area contributed by atoms with Gasteiger partial charge in [-0.25, -0.2) is 0 Å². The maximum Gasteiger partial charge on any atom is 0.0573 e. The highest BCUT2D eigenvalue weighted by atomic mass is 16.2. The molecule has 0 aromatic rings. The standard InChI is InChI=1S/C7H13NO/c1-2-5-8-6-3-4-7-9/h1,8-9H,3-7H2. The van der Waals surface area contributed by atoms with E-state index in [1.807, 2.05) is 0 Å². The first-order valence-electron chi connectivity index (χ1n) is 3.17. The molecule has 0 radical (unpaired) electrons. The van der Waals surface area contributed by atoms with Gasteiger partial charge < -0.3 is 10.4 Å². The van der Waals surface area contributed by atoms with Crippen LogP contribution in [-0.2, 0) is 0 Å². The molecule has 0 saturated heterocycles. The Morgan fingerprint density at radius 1 is 1.44 bits per heavy atom. The topological polar surface area (TPSA) is 32.3 Å². The minimum absolute atomic E-state index is 0.276. The second-order valence-corrected chi connectivity index (χ2v) is 1.81. The summed E-state index contributed by atoms with van der Waals surface area (Å²) in [6.45, 7) is 1.81. The van der Waals surface area contributed by atoms with E-state index in [0.717, 1.165) is 19.4 Å². The summed E-state index contributed by atoms with van der Waals surface area (Å²) in [7, 11) is 0. The second-order valence-electron chi connectivity index (χ2n) is 1.81. The molecule has 0 heterocycles. The first-order valence-corrected chi connectivity index (χ1v) is 3.17. The molecule has 0 aliphatic carbocycles. The lowest BCUT2D eigenvalue weighted by molar-refractivity contribution is 0.284. The van der Waals surface area contributed by atoms with E-state index in [1.54, 1.807) is 0 Å². The highest BCUT2D eigenvalue weighted by Gasteiger charge is 1.83. The van der Waals surface area contributed by atoms with Crippen LogP contribution in [-0.4, -0.2) is 24.8 Å². The summed E-state index contributed by atoms with van der Waals surface area (Å²) < 4.78 is 0. The van der Waals surface area contributed by atoms with Gasteiger partial charge in [-0.2, -0.15) is 0 Å². The summed E-state index contributed by atoms with van der Waals surface area (Å²) in [4.78, 5) is 0. The van der Waals surface area contributed by atoms with Crippen molar-refractivity contribution in [2.45, 2.75) is 12.8 Å². The molecule has 0 aromatic heterocycles. The summed E-state index contributed by atoms with van der Waals surface area (Å²) in [5, 5.41) is 11.4. The number of rotatable bonds is 5. The van der Waals surface area contributed by atoms with E-state index in [-0.39, 0.29) is 6.61 Å². The van der Waals surface area contributed by atoms with Gasteiger partial charge in [0.25, 0.3) is 0 Å². The SMILES string of the molecule is C#CCNCCCCO. The Morgan fingerprint density at radius 3 is 2.78 bits per heavy atom. The number of aliphatic hydroxyl groups is 1. The molecule has 0 aliphatic rings. The predicted molar refractivity (Wildman–Crippen MR) is 38.0 cm³/mol. The van der Waals surface area contributed by atoms with Gasteiger partial charge in [-0.3, -0.25) is 0 Å². The van der Waals surface area contributed by atoms with Crippen molar-refractivity contribution in [2.24, 2.45) is 0 Å². The molecule has 0 bridgehead atoms. The molecule has 0 aliphatic heterocycles. The number of terminal acetylenes is 1. The molecule has 2 nitrogen and oxygen atoms in total. The van der Waals surface area contributed by atoms with Gasteiger partial charge in [-0.05, 0) is 19.4 Å². The number of unbranched alkanes of at least 4 members (excludes halogenated alkanes) is 1. The highest BCUT2D eigenvalue weighted by Crippen LogP contribution is 1.81. The zero-order valence-corrected chi connectivity index (χ0v) is 5.56. The largest absolute Gasteiger partial charge is 0.396 e. The van der Waals surface area contributed by atoms with Crippen molar-refractivity contribution in [3.05, 3.63) is 0 Å². The van der Waals surface area contributed by atoms with Crippen molar-refractivity contribution < 1.29 is 5.11 Å². The quantitative estimate of drug-likeness (QED) is 0.402. The van der Waals surface area contributed by atoms with Crippen LogP contribution in [0.1, 0.15) is 12.8 Å². The van der Waals surface area contributed by atoms with Gasteiger partial charge in [-0.15, -0.1) is 6.42 Å². The molecule has 0 atom stereocenters. The fraction of sp³-hybridized carbons (Fsp3) is 0.714. The predicted octanol–water partition coefficient (Wildman–Crippen LogP) is -0.0183. The van der Waals surface area contributed by atoms with Gasteiger partial charge >= 0.3 is 0 Å². The third-order valence-electron chi connectivity index (χ3n) is 0.989. The van der Waals surface area contributed by atoms with Crippen LogP contribution < -0.4 is 5.32 Å². The molecule has 0 fully saturated rings. The first-order chi connectivity index (χ1) is 4.41. The van der Waals surface area contributed by atoms with E-state index in [0.29, 0.717) is 6.54 Å². The van der Waals surface area contributed by atoms with Crippen molar-refractivity contribution in [1.82, 2.24) is 5.32 Å². The lowest BCUT2D eigenvalue weighted by Gasteiger charge is -1.96. The summed E-state index contributed by atoms with van der Waals surface area (Å²) in [6, 6.07) is 0. The maximum atomic E-state index is 8.35. The summed E-state index contributed by atoms with van der Waals surface area (Å²) >= 11 is 0. The molecular weight excluding hydrogens is 114 g/mol. The monoisotopic (exact) mass is 127 g/mol. The Hall–Kier alpha value is -0.520. The second kappa shape index (κ2) is 7.48. The minimum Gasteiger partial charge on any atom is -0.396 e. The summed E-state index contributed by atoms with van der Waals surface area (Å²) in [5.74, 6) is 2.47. The lowest BCUT2D eigenvalue weighted by Crippen LogP contribution is -2.15. The minimum atomic E-state index is 0.276. The van der Waals surface area contributed by atoms with Gasteiger partial charge in [-0.1, -0.05) is 5.92 Å². The van der Waals surface area contributed by atoms with E-state index in [9.17, 15) is 0 Å². The molecule has 0 saturated carbocycles. The normalized spacial score (nSPS) is 8.89. The Labute approximate surface area is 56.3 Å². The Bertz CT molecular complexity index is 85.4. The number of aliphatic hydroxyl groups excluding tert-OH is 1. The van der Waals surface area contributed by atoms with Gasteiger partial charge in [0.05, 0.1) is 6.54 Å². The van der Waals surface area contributed by atoms with Crippen LogP contribution in [0.5, 0.6) is 0 Å².